The number of rotatable bonds is 3. The van der Waals surface area contributed by atoms with E-state index in [0.29, 0.717) is 30.3 Å². The summed E-state index contributed by atoms with van der Waals surface area (Å²) in [6, 6.07) is 0. The highest BCUT2D eigenvalue weighted by molar-refractivity contribution is 5.84. The third-order valence-electron chi connectivity index (χ3n) is 2.93. The molecule has 0 aromatic rings. The monoisotopic (exact) mass is 214 g/mol. The lowest BCUT2D eigenvalue weighted by atomic mass is 9.80. The number of hydrogen-bond acceptors (Lipinski definition) is 1. The molecule has 1 fully saturated rings. The van der Waals surface area contributed by atoms with Crippen molar-refractivity contribution >= 4 is 5.97 Å². The number of aliphatic carboxylic acids is 1. The molecule has 1 aliphatic rings. The summed E-state index contributed by atoms with van der Waals surface area (Å²) in [6.07, 6.45) is 4.35. The van der Waals surface area contributed by atoms with Crippen LogP contribution in [0.15, 0.2) is 11.4 Å². The first-order chi connectivity index (χ1) is 7.00. The molecular weight excluding hydrogens is 195 g/mol. The zero-order chi connectivity index (χ0) is 11.4. The van der Waals surface area contributed by atoms with Gasteiger partial charge in [-0.3, -0.25) is 0 Å². The van der Waals surface area contributed by atoms with Crippen molar-refractivity contribution < 1.29 is 14.3 Å². The molecule has 15 heavy (non-hydrogen) atoms. The maximum atomic E-state index is 13.2. The molecule has 1 saturated carbocycles. The van der Waals surface area contributed by atoms with E-state index in [1.807, 2.05) is 0 Å². The van der Waals surface area contributed by atoms with Crippen molar-refractivity contribution in [3.05, 3.63) is 11.4 Å². The first-order valence-corrected chi connectivity index (χ1v) is 5.61. The lowest BCUT2D eigenvalue weighted by molar-refractivity contribution is -0.134. The summed E-state index contributed by atoms with van der Waals surface area (Å²) in [6.45, 7) is 4.29. The number of carbonyl (C=O) groups is 1. The Hall–Kier alpha value is -0.860. The standard InChI is InChI=1S/C12H19FO2/c1-8(2)6-9-4-3-5-10(7-9)11(13)12(14)15/h8-9H,3-7H2,1-2H3,(H,14,15). The van der Waals surface area contributed by atoms with Crippen LogP contribution in [0.1, 0.15) is 46.0 Å². The molecule has 0 radical (unpaired) electrons. The van der Waals surface area contributed by atoms with Crippen LogP contribution >= 0.6 is 0 Å². The first-order valence-electron chi connectivity index (χ1n) is 5.61. The van der Waals surface area contributed by atoms with Gasteiger partial charge in [0.05, 0.1) is 0 Å². The fourth-order valence-corrected chi connectivity index (χ4v) is 2.38. The van der Waals surface area contributed by atoms with Gasteiger partial charge in [0.25, 0.3) is 0 Å². The quantitative estimate of drug-likeness (QED) is 0.730. The molecule has 0 spiro atoms. The third-order valence-corrected chi connectivity index (χ3v) is 2.93. The molecule has 0 aliphatic heterocycles. The second-order valence-electron chi connectivity index (χ2n) is 4.81. The van der Waals surface area contributed by atoms with Crippen LogP contribution in [0.25, 0.3) is 0 Å². The van der Waals surface area contributed by atoms with Crippen LogP contribution in [-0.2, 0) is 4.79 Å². The van der Waals surface area contributed by atoms with Gasteiger partial charge in [-0.2, -0.15) is 4.39 Å². The highest BCUT2D eigenvalue weighted by Crippen LogP contribution is 2.34. The topological polar surface area (TPSA) is 37.3 Å². The summed E-state index contributed by atoms with van der Waals surface area (Å²) in [4.78, 5) is 10.5. The highest BCUT2D eigenvalue weighted by atomic mass is 19.1. The Bertz CT molecular complexity index is 269. The van der Waals surface area contributed by atoms with Crippen LogP contribution in [-0.4, -0.2) is 11.1 Å². The maximum Gasteiger partial charge on any atom is 0.364 e. The fourth-order valence-electron chi connectivity index (χ4n) is 2.38. The van der Waals surface area contributed by atoms with E-state index in [2.05, 4.69) is 13.8 Å². The first kappa shape index (κ1) is 12.2. The van der Waals surface area contributed by atoms with Gasteiger partial charge in [-0.1, -0.05) is 13.8 Å². The van der Waals surface area contributed by atoms with Gasteiger partial charge in [0, 0.05) is 0 Å². The summed E-state index contributed by atoms with van der Waals surface area (Å²) >= 11 is 0. The normalized spacial score (nSPS) is 25.5. The minimum atomic E-state index is -1.41. The molecule has 1 atom stereocenters. The van der Waals surface area contributed by atoms with Crippen LogP contribution in [0, 0.1) is 11.8 Å². The number of carboxylic acid groups (broad SMARTS) is 1. The van der Waals surface area contributed by atoms with Crippen LogP contribution in [0.2, 0.25) is 0 Å². The van der Waals surface area contributed by atoms with Crippen molar-refractivity contribution in [3.8, 4) is 0 Å². The molecule has 0 aromatic heterocycles. The van der Waals surface area contributed by atoms with Crippen molar-refractivity contribution in [1.82, 2.24) is 0 Å². The second-order valence-corrected chi connectivity index (χ2v) is 4.81. The van der Waals surface area contributed by atoms with E-state index < -0.39 is 11.8 Å². The molecule has 0 aromatic carbocycles. The second kappa shape index (κ2) is 5.29. The Morgan fingerprint density at radius 2 is 2.27 bits per heavy atom. The zero-order valence-corrected chi connectivity index (χ0v) is 9.42. The third kappa shape index (κ3) is 3.65. The smallest absolute Gasteiger partial charge is 0.364 e. The molecule has 1 aliphatic carbocycles. The Morgan fingerprint density at radius 3 is 2.80 bits per heavy atom. The zero-order valence-electron chi connectivity index (χ0n) is 9.42. The van der Waals surface area contributed by atoms with Crippen molar-refractivity contribution in [2.24, 2.45) is 11.8 Å². The lowest BCUT2D eigenvalue weighted by Gasteiger charge is -2.25. The summed E-state index contributed by atoms with van der Waals surface area (Å²) in [5.41, 5.74) is 0.513. The Balaban J connectivity index is 2.63. The SMILES string of the molecule is CC(C)CC1CCCC(=C(F)C(=O)O)C1. The van der Waals surface area contributed by atoms with Crippen LogP contribution in [0.3, 0.4) is 0 Å². The molecule has 86 valence electrons. The van der Waals surface area contributed by atoms with Gasteiger partial charge in [0.1, 0.15) is 0 Å². The summed E-state index contributed by atoms with van der Waals surface area (Å²) < 4.78 is 13.2. The maximum absolute atomic E-state index is 13.2. The predicted molar refractivity (Wildman–Crippen MR) is 57.2 cm³/mol. The van der Waals surface area contributed by atoms with Gasteiger partial charge in [-0.15, -0.1) is 0 Å². The van der Waals surface area contributed by atoms with Crippen molar-refractivity contribution in [2.45, 2.75) is 46.0 Å². The average Bonchev–Trinajstić information content (AvgIpc) is 2.16. The minimum absolute atomic E-state index is 0.471. The molecule has 0 amide bonds. The number of halogens is 1. The molecule has 2 nitrogen and oxygen atoms in total. The van der Waals surface area contributed by atoms with Crippen molar-refractivity contribution in [1.29, 1.82) is 0 Å². The molecule has 0 bridgehead atoms. The van der Waals surface area contributed by atoms with E-state index in [1.165, 1.54) is 0 Å². The number of hydrogen-bond donors (Lipinski definition) is 1. The molecule has 1 rings (SSSR count). The van der Waals surface area contributed by atoms with Gasteiger partial charge in [-0.25, -0.2) is 4.79 Å². The van der Waals surface area contributed by atoms with E-state index in [-0.39, 0.29) is 0 Å². The Labute approximate surface area is 90.2 Å². The average molecular weight is 214 g/mol. The van der Waals surface area contributed by atoms with Gasteiger partial charge >= 0.3 is 5.97 Å². The van der Waals surface area contributed by atoms with Gasteiger partial charge in [-0.05, 0) is 49.5 Å². The van der Waals surface area contributed by atoms with Gasteiger partial charge in [0.15, 0.2) is 0 Å². The van der Waals surface area contributed by atoms with E-state index in [9.17, 15) is 9.18 Å². The number of carboxylic acids is 1. The fraction of sp³-hybridized carbons (Fsp3) is 0.750. The number of allylic oxidation sites excluding steroid dienone is 1. The molecule has 0 heterocycles. The van der Waals surface area contributed by atoms with Crippen LogP contribution < -0.4 is 0 Å². The molecular formula is C12H19FO2. The summed E-state index contributed by atoms with van der Waals surface area (Å²) in [7, 11) is 0. The van der Waals surface area contributed by atoms with Gasteiger partial charge < -0.3 is 5.11 Å². The van der Waals surface area contributed by atoms with Crippen molar-refractivity contribution in [3.63, 3.8) is 0 Å². The highest BCUT2D eigenvalue weighted by Gasteiger charge is 2.23. The Kier molecular flexibility index (Phi) is 4.30. The molecule has 1 N–H and O–H groups in total. The van der Waals surface area contributed by atoms with Crippen LogP contribution in [0.5, 0.6) is 0 Å². The predicted octanol–water partition coefficient (Wildman–Crippen LogP) is 3.53. The van der Waals surface area contributed by atoms with E-state index in [4.69, 9.17) is 5.11 Å². The molecule has 1 unspecified atom stereocenters. The summed E-state index contributed by atoms with van der Waals surface area (Å²) in [5.74, 6) is -1.25. The van der Waals surface area contributed by atoms with Gasteiger partial charge in [0.2, 0.25) is 5.83 Å². The van der Waals surface area contributed by atoms with E-state index in [1.54, 1.807) is 0 Å². The van der Waals surface area contributed by atoms with E-state index >= 15 is 0 Å². The largest absolute Gasteiger partial charge is 0.476 e. The summed E-state index contributed by atoms with van der Waals surface area (Å²) in [5, 5.41) is 8.57. The lowest BCUT2D eigenvalue weighted by Crippen LogP contribution is -2.13. The Morgan fingerprint density at radius 1 is 1.60 bits per heavy atom. The van der Waals surface area contributed by atoms with E-state index in [0.717, 1.165) is 19.3 Å². The van der Waals surface area contributed by atoms with Crippen LogP contribution in [0.4, 0.5) is 4.39 Å². The minimum Gasteiger partial charge on any atom is -0.476 e. The molecule has 0 saturated heterocycles. The molecule has 3 heteroatoms. The van der Waals surface area contributed by atoms with Crippen molar-refractivity contribution in [2.75, 3.05) is 0 Å².